The number of nitrogens with zero attached hydrogens (tertiary/aromatic N) is 1. The number of carbonyl (C=O) groups is 1. The summed E-state index contributed by atoms with van der Waals surface area (Å²) in [5.41, 5.74) is 2.89. The van der Waals surface area contributed by atoms with Gasteiger partial charge < -0.3 is 4.52 Å². The van der Waals surface area contributed by atoms with E-state index in [1.165, 1.54) is 5.56 Å². The first-order chi connectivity index (χ1) is 11.1. The Kier molecular flexibility index (Phi) is 11.2. The van der Waals surface area contributed by atoms with Gasteiger partial charge in [0.15, 0.2) is 5.78 Å². The van der Waals surface area contributed by atoms with E-state index in [-0.39, 0.29) is 5.78 Å². The molecule has 0 unspecified atom stereocenters. The van der Waals surface area contributed by atoms with Crippen molar-refractivity contribution < 1.29 is 9.32 Å². The lowest BCUT2D eigenvalue weighted by molar-refractivity contribution is 0.104. The quantitative estimate of drug-likeness (QED) is 0.535. The molecule has 1 aromatic heterocycles. The van der Waals surface area contributed by atoms with Crippen molar-refractivity contribution in [3.8, 4) is 0 Å². The fourth-order valence-corrected chi connectivity index (χ4v) is 1.75. The molecule has 0 atom stereocenters. The van der Waals surface area contributed by atoms with Crippen molar-refractivity contribution in [3.05, 3.63) is 65.1 Å². The standard InChI is InChI=1S/C11H12O.C7H11NO.C2H6/c1-3-4-11(12)10-7-5-9(2)6-8-10;1-3-4-7-5-6(2)8-9-7;1-2/h3-8H,1-2H3;5H,3-4H2,1-2H3;1-2H3/b4-3+;;. The van der Waals surface area contributed by atoms with Gasteiger partial charge in [-0.25, -0.2) is 0 Å². The van der Waals surface area contributed by atoms with Crippen molar-refractivity contribution in [1.82, 2.24) is 5.16 Å². The second-order valence-electron chi connectivity index (χ2n) is 4.91. The number of carbonyl (C=O) groups excluding carboxylic acids is 1. The van der Waals surface area contributed by atoms with Crippen LogP contribution in [0.1, 0.15) is 61.5 Å². The van der Waals surface area contributed by atoms with Crippen LogP contribution >= 0.6 is 0 Å². The summed E-state index contributed by atoms with van der Waals surface area (Å²) in [7, 11) is 0. The Balaban J connectivity index is 0.000000392. The summed E-state index contributed by atoms with van der Waals surface area (Å²) < 4.78 is 4.95. The number of aryl methyl sites for hydroxylation is 3. The van der Waals surface area contributed by atoms with E-state index in [1.54, 1.807) is 12.2 Å². The van der Waals surface area contributed by atoms with Gasteiger partial charge in [-0.1, -0.05) is 61.8 Å². The molecule has 3 nitrogen and oxygen atoms in total. The van der Waals surface area contributed by atoms with E-state index < -0.39 is 0 Å². The molecule has 2 rings (SSSR count). The lowest BCUT2D eigenvalue weighted by atomic mass is 10.1. The fourth-order valence-electron chi connectivity index (χ4n) is 1.75. The number of hydrogen-bond acceptors (Lipinski definition) is 3. The first-order valence-electron chi connectivity index (χ1n) is 8.22. The Morgan fingerprint density at radius 3 is 2.22 bits per heavy atom. The maximum absolute atomic E-state index is 11.3. The highest BCUT2D eigenvalue weighted by Gasteiger charge is 1.98. The van der Waals surface area contributed by atoms with Gasteiger partial charge in [0.25, 0.3) is 0 Å². The maximum Gasteiger partial charge on any atom is 0.185 e. The second-order valence-corrected chi connectivity index (χ2v) is 4.91. The van der Waals surface area contributed by atoms with Crippen molar-refractivity contribution in [2.24, 2.45) is 0 Å². The number of hydrogen-bond donors (Lipinski definition) is 0. The minimum Gasteiger partial charge on any atom is -0.361 e. The average molecular weight is 315 g/mol. The molecule has 0 radical (unpaired) electrons. The first kappa shape index (κ1) is 20.8. The zero-order valence-corrected chi connectivity index (χ0v) is 15.2. The average Bonchev–Trinajstić information content (AvgIpc) is 2.96. The number of ketones is 1. The molecule has 23 heavy (non-hydrogen) atoms. The summed E-state index contributed by atoms with van der Waals surface area (Å²) in [6, 6.07) is 9.55. The van der Waals surface area contributed by atoms with Gasteiger partial charge in [0.1, 0.15) is 5.76 Å². The Labute approximate surface area is 140 Å². The third-order valence-electron chi connectivity index (χ3n) is 2.83. The van der Waals surface area contributed by atoms with Crippen LogP contribution in [0.2, 0.25) is 0 Å². The fraction of sp³-hybridized carbons (Fsp3) is 0.400. The summed E-state index contributed by atoms with van der Waals surface area (Å²) in [5.74, 6) is 1.06. The molecule has 0 fully saturated rings. The van der Waals surface area contributed by atoms with E-state index in [0.29, 0.717) is 0 Å². The molecule has 0 amide bonds. The molecule has 0 bridgehead atoms. The predicted octanol–water partition coefficient (Wildman–Crippen LogP) is 5.72. The van der Waals surface area contributed by atoms with E-state index in [2.05, 4.69) is 12.1 Å². The molecule has 2 aromatic rings. The van der Waals surface area contributed by atoms with Crippen molar-refractivity contribution >= 4 is 5.78 Å². The topological polar surface area (TPSA) is 43.1 Å². The molecule has 0 saturated carbocycles. The minimum absolute atomic E-state index is 0.0671. The zero-order chi connectivity index (χ0) is 17.7. The van der Waals surface area contributed by atoms with Crippen LogP contribution in [0.3, 0.4) is 0 Å². The molecule has 1 heterocycles. The van der Waals surface area contributed by atoms with Crippen LogP contribution < -0.4 is 0 Å². The monoisotopic (exact) mass is 315 g/mol. The molecule has 0 aliphatic rings. The third-order valence-corrected chi connectivity index (χ3v) is 2.83. The largest absolute Gasteiger partial charge is 0.361 e. The van der Waals surface area contributed by atoms with Gasteiger partial charge in [-0.05, 0) is 33.3 Å². The van der Waals surface area contributed by atoms with Gasteiger partial charge in [0.2, 0.25) is 0 Å². The van der Waals surface area contributed by atoms with Crippen molar-refractivity contribution in [2.75, 3.05) is 0 Å². The highest BCUT2D eigenvalue weighted by molar-refractivity contribution is 6.04. The molecule has 0 N–H and O–H groups in total. The highest BCUT2D eigenvalue weighted by atomic mass is 16.5. The van der Waals surface area contributed by atoms with Crippen LogP contribution in [0.25, 0.3) is 0 Å². The Bertz CT molecular complexity index is 580. The molecule has 3 heteroatoms. The van der Waals surface area contributed by atoms with Gasteiger partial charge in [-0.15, -0.1) is 0 Å². The van der Waals surface area contributed by atoms with Crippen LogP contribution in [0.4, 0.5) is 0 Å². The van der Waals surface area contributed by atoms with Gasteiger partial charge in [0.05, 0.1) is 5.69 Å². The third kappa shape index (κ3) is 8.77. The number of benzene rings is 1. The Morgan fingerprint density at radius 2 is 1.78 bits per heavy atom. The van der Waals surface area contributed by atoms with Gasteiger partial charge in [0, 0.05) is 18.1 Å². The Morgan fingerprint density at radius 1 is 1.17 bits per heavy atom. The van der Waals surface area contributed by atoms with Gasteiger partial charge >= 0.3 is 0 Å². The van der Waals surface area contributed by atoms with Crippen LogP contribution in [0.15, 0.2) is 47.0 Å². The molecule has 0 spiro atoms. The normalized spacial score (nSPS) is 9.65. The van der Waals surface area contributed by atoms with E-state index in [1.807, 2.05) is 65.0 Å². The van der Waals surface area contributed by atoms with Gasteiger partial charge in [-0.2, -0.15) is 0 Å². The van der Waals surface area contributed by atoms with Crippen LogP contribution in [0, 0.1) is 13.8 Å². The summed E-state index contributed by atoms with van der Waals surface area (Å²) >= 11 is 0. The smallest absolute Gasteiger partial charge is 0.185 e. The number of aromatic nitrogens is 1. The predicted molar refractivity (Wildman–Crippen MR) is 96.9 cm³/mol. The lowest BCUT2D eigenvalue weighted by Crippen LogP contribution is -1.92. The van der Waals surface area contributed by atoms with Crippen LogP contribution in [-0.4, -0.2) is 10.9 Å². The van der Waals surface area contributed by atoms with Crippen LogP contribution in [-0.2, 0) is 6.42 Å². The molecule has 126 valence electrons. The summed E-state index contributed by atoms with van der Waals surface area (Å²) in [6.45, 7) is 11.9. The maximum atomic E-state index is 11.3. The Hall–Kier alpha value is -2.16. The van der Waals surface area contributed by atoms with E-state index in [0.717, 1.165) is 29.9 Å². The lowest BCUT2D eigenvalue weighted by Gasteiger charge is -1.95. The molecule has 0 aliphatic heterocycles. The van der Waals surface area contributed by atoms with Crippen LogP contribution in [0.5, 0.6) is 0 Å². The minimum atomic E-state index is 0.0671. The van der Waals surface area contributed by atoms with E-state index in [4.69, 9.17) is 4.52 Å². The SMILES string of the molecule is C/C=C/C(=O)c1ccc(C)cc1.CC.CCCc1cc(C)no1. The second kappa shape index (κ2) is 12.4. The summed E-state index contributed by atoms with van der Waals surface area (Å²) in [6.07, 6.45) is 5.45. The molecular weight excluding hydrogens is 286 g/mol. The highest BCUT2D eigenvalue weighted by Crippen LogP contribution is 2.04. The summed E-state index contributed by atoms with van der Waals surface area (Å²) in [5, 5.41) is 3.76. The number of rotatable bonds is 4. The molecular formula is C20H29NO2. The first-order valence-corrected chi connectivity index (χ1v) is 8.22. The zero-order valence-electron chi connectivity index (χ0n) is 15.2. The van der Waals surface area contributed by atoms with Gasteiger partial charge in [-0.3, -0.25) is 4.79 Å². The van der Waals surface area contributed by atoms with E-state index >= 15 is 0 Å². The van der Waals surface area contributed by atoms with Crippen molar-refractivity contribution in [3.63, 3.8) is 0 Å². The van der Waals surface area contributed by atoms with Crippen molar-refractivity contribution in [2.45, 2.75) is 54.4 Å². The van der Waals surface area contributed by atoms with Crippen molar-refractivity contribution in [1.29, 1.82) is 0 Å². The molecule has 0 saturated heterocycles. The van der Waals surface area contributed by atoms with E-state index in [9.17, 15) is 4.79 Å². The summed E-state index contributed by atoms with van der Waals surface area (Å²) in [4.78, 5) is 11.3. The molecule has 0 aliphatic carbocycles. The molecule has 1 aromatic carbocycles. The number of allylic oxidation sites excluding steroid dienone is 2.